The van der Waals surface area contributed by atoms with E-state index in [9.17, 15) is 4.79 Å². The normalized spacial score (nSPS) is 22.6. The summed E-state index contributed by atoms with van der Waals surface area (Å²) in [5.74, 6) is 0.482. The summed E-state index contributed by atoms with van der Waals surface area (Å²) in [5.41, 5.74) is 8.38. The predicted molar refractivity (Wildman–Crippen MR) is 78.5 cm³/mol. The molecule has 5 nitrogen and oxygen atoms in total. The molecule has 1 aromatic rings. The van der Waals surface area contributed by atoms with Crippen LogP contribution in [0.15, 0.2) is 0 Å². The third kappa shape index (κ3) is 2.53. The van der Waals surface area contributed by atoms with Crippen molar-refractivity contribution in [3.05, 3.63) is 11.4 Å². The van der Waals surface area contributed by atoms with Gasteiger partial charge in [0.25, 0.3) is 5.91 Å². The third-order valence-electron chi connectivity index (χ3n) is 4.65. The van der Waals surface area contributed by atoms with Crippen LogP contribution in [0.4, 0.5) is 5.69 Å². The van der Waals surface area contributed by atoms with Gasteiger partial charge < -0.3 is 10.6 Å². The average molecular weight is 276 g/mol. The first kappa shape index (κ1) is 13.5. The highest BCUT2D eigenvalue weighted by atomic mass is 16.2. The van der Waals surface area contributed by atoms with Crippen molar-refractivity contribution in [2.75, 3.05) is 18.8 Å². The van der Waals surface area contributed by atoms with Crippen LogP contribution in [0.2, 0.25) is 0 Å². The van der Waals surface area contributed by atoms with E-state index in [0.717, 1.165) is 44.5 Å². The molecule has 2 heterocycles. The molecule has 0 aromatic carbocycles. The molecular formula is C15H24N4O. The molecule has 0 radical (unpaired) electrons. The molecule has 1 saturated carbocycles. The van der Waals surface area contributed by atoms with E-state index in [-0.39, 0.29) is 5.91 Å². The lowest BCUT2D eigenvalue weighted by Gasteiger charge is -2.23. The Hall–Kier alpha value is -1.52. The van der Waals surface area contributed by atoms with Crippen LogP contribution in [0.1, 0.15) is 68.1 Å². The number of aromatic amines is 1. The number of rotatable bonds is 2. The van der Waals surface area contributed by atoms with E-state index < -0.39 is 0 Å². The number of H-pyrrole nitrogens is 1. The van der Waals surface area contributed by atoms with Crippen LogP contribution in [0.3, 0.4) is 0 Å². The first-order valence-electron chi connectivity index (χ1n) is 7.61. The number of anilines is 1. The Morgan fingerprint density at radius 3 is 2.80 bits per heavy atom. The molecule has 1 aliphatic heterocycles. The van der Waals surface area contributed by atoms with E-state index in [1.165, 1.54) is 6.42 Å². The lowest BCUT2D eigenvalue weighted by atomic mass is 9.85. The van der Waals surface area contributed by atoms with Crippen molar-refractivity contribution in [2.24, 2.45) is 5.41 Å². The second-order valence-electron chi connectivity index (χ2n) is 6.98. The summed E-state index contributed by atoms with van der Waals surface area (Å²) in [5, 5.41) is 7.14. The molecule has 1 amide bonds. The van der Waals surface area contributed by atoms with Gasteiger partial charge in [-0.1, -0.05) is 13.8 Å². The van der Waals surface area contributed by atoms with E-state index in [4.69, 9.17) is 5.73 Å². The quantitative estimate of drug-likeness (QED) is 0.871. The topological polar surface area (TPSA) is 75.0 Å². The van der Waals surface area contributed by atoms with Crippen molar-refractivity contribution in [1.82, 2.24) is 15.1 Å². The molecule has 3 rings (SSSR count). The fourth-order valence-electron chi connectivity index (χ4n) is 2.99. The molecule has 1 saturated heterocycles. The number of nitrogen functional groups attached to an aromatic ring is 1. The van der Waals surface area contributed by atoms with Crippen molar-refractivity contribution in [3.63, 3.8) is 0 Å². The minimum atomic E-state index is -0.0108. The molecule has 0 spiro atoms. The number of carbonyl (C=O) groups is 1. The monoisotopic (exact) mass is 276 g/mol. The summed E-state index contributed by atoms with van der Waals surface area (Å²) in [4.78, 5) is 14.5. The molecule has 5 heteroatoms. The van der Waals surface area contributed by atoms with Gasteiger partial charge in [0.05, 0.1) is 11.4 Å². The van der Waals surface area contributed by atoms with E-state index in [2.05, 4.69) is 24.0 Å². The molecule has 1 aromatic heterocycles. The maximum absolute atomic E-state index is 12.6. The van der Waals surface area contributed by atoms with Gasteiger partial charge in [0.2, 0.25) is 0 Å². The number of hydrogen-bond acceptors (Lipinski definition) is 3. The largest absolute Gasteiger partial charge is 0.395 e. The number of nitrogens with two attached hydrogens (primary N) is 1. The van der Waals surface area contributed by atoms with Gasteiger partial charge in [0.15, 0.2) is 5.69 Å². The zero-order valence-corrected chi connectivity index (χ0v) is 12.4. The van der Waals surface area contributed by atoms with Gasteiger partial charge in [-0.3, -0.25) is 9.89 Å². The minimum Gasteiger partial charge on any atom is -0.395 e. The highest BCUT2D eigenvalue weighted by molar-refractivity contribution is 5.97. The number of aromatic nitrogens is 2. The zero-order valence-electron chi connectivity index (χ0n) is 12.4. The summed E-state index contributed by atoms with van der Waals surface area (Å²) in [7, 11) is 0. The van der Waals surface area contributed by atoms with Crippen LogP contribution in [0.25, 0.3) is 0 Å². The van der Waals surface area contributed by atoms with Crippen molar-refractivity contribution in [3.8, 4) is 0 Å². The first-order valence-corrected chi connectivity index (χ1v) is 7.61. The zero-order chi connectivity index (χ0) is 14.3. The highest BCUT2D eigenvalue weighted by Crippen LogP contribution is 2.42. The van der Waals surface area contributed by atoms with Gasteiger partial charge in [0.1, 0.15) is 0 Å². The maximum Gasteiger partial charge on any atom is 0.276 e. The summed E-state index contributed by atoms with van der Waals surface area (Å²) < 4.78 is 0. The van der Waals surface area contributed by atoms with Crippen LogP contribution in [-0.2, 0) is 0 Å². The fraction of sp³-hybridized carbons (Fsp3) is 0.733. The lowest BCUT2D eigenvalue weighted by molar-refractivity contribution is 0.0752. The van der Waals surface area contributed by atoms with Crippen molar-refractivity contribution in [1.29, 1.82) is 0 Å². The fourth-order valence-corrected chi connectivity index (χ4v) is 2.99. The smallest absolute Gasteiger partial charge is 0.276 e. The number of hydrogen-bond donors (Lipinski definition) is 2. The number of nitrogens with zero attached hydrogens (tertiary/aromatic N) is 2. The molecule has 1 aliphatic carbocycles. The number of amides is 1. The van der Waals surface area contributed by atoms with E-state index in [1.54, 1.807) is 0 Å². The standard InChI is InChI=1S/C15H24N4O/c1-15(2)6-3-8-19(9-7-15)14(20)13-11(16)12(17-18-13)10-4-5-10/h10H,3-9,16H2,1-2H3,(H,17,18). The number of nitrogens with one attached hydrogen (secondary N) is 1. The van der Waals surface area contributed by atoms with Gasteiger partial charge in [0, 0.05) is 19.0 Å². The Morgan fingerprint density at radius 1 is 1.35 bits per heavy atom. The second-order valence-corrected chi connectivity index (χ2v) is 6.98. The molecule has 0 unspecified atom stereocenters. The number of likely N-dealkylation sites (tertiary alicyclic amines) is 1. The molecule has 0 atom stereocenters. The van der Waals surface area contributed by atoms with Crippen LogP contribution in [-0.4, -0.2) is 34.1 Å². The van der Waals surface area contributed by atoms with Crippen molar-refractivity contribution >= 4 is 11.6 Å². The maximum atomic E-state index is 12.6. The Kier molecular flexibility index (Phi) is 3.22. The third-order valence-corrected chi connectivity index (χ3v) is 4.65. The van der Waals surface area contributed by atoms with Gasteiger partial charge in [-0.15, -0.1) is 0 Å². The van der Waals surface area contributed by atoms with Gasteiger partial charge in [-0.05, 0) is 37.5 Å². The lowest BCUT2D eigenvalue weighted by Crippen LogP contribution is -2.33. The van der Waals surface area contributed by atoms with Crippen LogP contribution >= 0.6 is 0 Å². The Morgan fingerprint density at radius 2 is 2.10 bits per heavy atom. The van der Waals surface area contributed by atoms with E-state index >= 15 is 0 Å². The van der Waals surface area contributed by atoms with Crippen LogP contribution in [0.5, 0.6) is 0 Å². The Labute approximate surface area is 119 Å². The highest BCUT2D eigenvalue weighted by Gasteiger charge is 2.32. The van der Waals surface area contributed by atoms with Gasteiger partial charge >= 0.3 is 0 Å². The molecule has 110 valence electrons. The average Bonchev–Trinajstić information content (AvgIpc) is 3.17. The van der Waals surface area contributed by atoms with Gasteiger partial charge in [-0.2, -0.15) is 5.10 Å². The Bertz CT molecular complexity index is 516. The Balaban J connectivity index is 1.75. The minimum absolute atomic E-state index is 0.0108. The van der Waals surface area contributed by atoms with Crippen molar-refractivity contribution < 1.29 is 4.79 Å². The summed E-state index contributed by atoms with van der Waals surface area (Å²) >= 11 is 0. The van der Waals surface area contributed by atoms with Crippen molar-refractivity contribution in [2.45, 2.75) is 51.9 Å². The van der Waals surface area contributed by atoms with Crippen LogP contribution < -0.4 is 5.73 Å². The molecule has 0 bridgehead atoms. The molecular weight excluding hydrogens is 252 g/mol. The predicted octanol–water partition coefficient (Wildman–Crippen LogP) is 2.52. The molecule has 3 N–H and O–H groups in total. The molecule has 2 fully saturated rings. The number of carbonyl (C=O) groups excluding carboxylic acids is 1. The molecule has 20 heavy (non-hydrogen) atoms. The van der Waals surface area contributed by atoms with Crippen LogP contribution in [0, 0.1) is 5.41 Å². The van der Waals surface area contributed by atoms with Gasteiger partial charge in [-0.25, -0.2) is 0 Å². The summed E-state index contributed by atoms with van der Waals surface area (Å²) in [6.07, 6.45) is 5.56. The summed E-state index contributed by atoms with van der Waals surface area (Å²) in [6.45, 7) is 6.16. The SMILES string of the molecule is CC1(C)CCCN(C(=O)c2n[nH]c(C3CC3)c2N)CC1. The van der Waals surface area contributed by atoms with E-state index in [1.807, 2.05) is 4.90 Å². The summed E-state index contributed by atoms with van der Waals surface area (Å²) in [6, 6.07) is 0. The second kappa shape index (κ2) is 4.79. The van der Waals surface area contributed by atoms with E-state index in [0.29, 0.717) is 22.7 Å². The first-order chi connectivity index (χ1) is 9.48. The molecule has 2 aliphatic rings.